The topological polar surface area (TPSA) is 55.2 Å². The highest BCUT2D eigenvalue weighted by Crippen LogP contribution is 2.26. The van der Waals surface area contributed by atoms with Gasteiger partial charge in [-0.3, -0.25) is 10.1 Å². The highest BCUT2D eigenvalue weighted by Gasteiger charge is 2.11. The number of halogens is 2. The third-order valence-corrected chi connectivity index (χ3v) is 4.22. The van der Waals surface area contributed by atoms with Crippen LogP contribution < -0.4 is 5.32 Å². The van der Waals surface area contributed by atoms with Gasteiger partial charge in [-0.2, -0.15) is 0 Å². The molecular formula is C11H8BrFN2O2S. The van der Waals surface area contributed by atoms with Crippen LogP contribution in [0.5, 0.6) is 0 Å². The van der Waals surface area contributed by atoms with E-state index in [0.717, 1.165) is 21.5 Å². The average Bonchev–Trinajstić information content (AvgIpc) is 2.73. The zero-order valence-corrected chi connectivity index (χ0v) is 11.4. The summed E-state index contributed by atoms with van der Waals surface area (Å²) in [7, 11) is 0. The molecule has 0 atom stereocenters. The maximum absolute atomic E-state index is 13.5. The Balaban J connectivity index is 2.16. The van der Waals surface area contributed by atoms with Gasteiger partial charge in [-0.25, -0.2) is 4.39 Å². The van der Waals surface area contributed by atoms with Crippen LogP contribution in [0.25, 0.3) is 0 Å². The molecule has 0 saturated carbocycles. The summed E-state index contributed by atoms with van der Waals surface area (Å²) in [6.07, 6.45) is 0. The van der Waals surface area contributed by atoms with Gasteiger partial charge in [0.2, 0.25) is 0 Å². The first-order chi connectivity index (χ1) is 8.58. The third-order valence-electron chi connectivity index (χ3n) is 2.29. The van der Waals surface area contributed by atoms with E-state index >= 15 is 0 Å². The summed E-state index contributed by atoms with van der Waals surface area (Å²) in [5.41, 5.74) is -0.00588. The second-order valence-electron chi connectivity index (χ2n) is 3.47. The first kappa shape index (κ1) is 13.0. The Kier molecular flexibility index (Phi) is 3.93. The van der Waals surface area contributed by atoms with Crippen LogP contribution in [0.15, 0.2) is 34.1 Å². The number of rotatable bonds is 4. The quantitative estimate of drug-likeness (QED) is 0.676. The molecule has 2 rings (SSSR count). The van der Waals surface area contributed by atoms with E-state index in [-0.39, 0.29) is 11.4 Å². The van der Waals surface area contributed by atoms with Crippen LogP contribution in [0.2, 0.25) is 0 Å². The Hall–Kier alpha value is -1.47. The van der Waals surface area contributed by atoms with Gasteiger partial charge in [0.1, 0.15) is 5.82 Å². The van der Waals surface area contributed by atoms with E-state index < -0.39 is 10.7 Å². The smallest absolute Gasteiger partial charge is 0.271 e. The lowest BCUT2D eigenvalue weighted by atomic mass is 10.2. The number of anilines is 1. The Morgan fingerprint density at radius 1 is 1.44 bits per heavy atom. The highest BCUT2D eigenvalue weighted by atomic mass is 79.9. The minimum absolute atomic E-state index is 0.129. The molecule has 0 aliphatic heterocycles. The minimum Gasteiger partial charge on any atom is -0.378 e. The summed E-state index contributed by atoms with van der Waals surface area (Å²) < 4.78 is 14.4. The zero-order valence-electron chi connectivity index (χ0n) is 9.02. The van der Waals surface area contributed by atoms with Crippen LogP contribution in [0.3, 0.4) is 0 Å². The molecule has 0 aliphatic rings. The van der Waals surface area contributed by atoms with Crippen molar-refractivity contribution in [3.63, 3.8) is 0 Å². The number of nitrogens with zero attached hydrogens (tertiary/aromatic N) is 1. The number of hydrogen-bond acceptors (Lipinski definition) is 4. The first-order valence-electron chi connectivity index (χ1n) is 4.97. The molecule has 0 amide bonds. The lowest BCUT2D eigenvalue weighted by Gasteiger charge is -2.06. The van der Waals surface area contributed by atoms with Gasteiger partial charge >= 0.3 is 0 Å². The molecular weight excluding hydrogens is 323 g/mol. The number of nitro benzene ring substituents is 1. The monoisotopic (exact) mass is 330 g/mol. The maximum Gasteiger partial charge on any atom is 0.271 e. The molecule has 0 spiro atoms. The predicted molar refractivity (Wildman–Crippen MR) is 72.4 cm³/mol. The summed E-state index contributed by atoms with van der Waals surface area (Å²) in [6, 6.07) is 5.31. The Labute approximate surface area is 115 Å². The van der Waals surface area contributed by atoms with E-state index in [4.69, 9.17) is 0 Å². The predicted octanol–water partition coefficient (Wildman–Crippen LogP) is 4.17. The molecule has 7 heteroatoms. The van der Waals surface area contributed by atoms with Gasteiger partial charge in [0.25, 0.3) is 5.69 Å². The number of non-ortho nitro benzene ring substituents is 1. The van der Waals surface area contributed by atoms with Crippen molar-refractivity contribution < 1.29 is 9.31 Å². The molecule has 0 saturated heterocycles. The van der Waals surface area contributed by atoms with Crippen molar-refractivity contribution in [1.82, 2.24) is 0 Å². The van der Waals surface area contributed by atoms with Crippen LogP contribution >= 0.6 is 27.3 Å². The second-order valence-corrected chi connectivity index (χ2v) is 5.32. The van der Waals surface area contributed by atoms with Crippen LogP contribution in [-0.4, -0.2) is 4.92 Å². The van der Waals surface area contributed by atoms with E-state index in [0.29, 0.717) is 6.54 Å². The van der Waals surface area contributed by atoms with Crippen LogP contribution in [0, 0.1) is 15.9 Å². The molecule has 1 aromatic heterocycles. The molecule has 1 heterocycles. The maximum atomic E-state index is 13.5. The fourth-order valence-corrected chi connectivity index (χ4v) is 2.82. The standard InChI is InChI=1S/C11H8BrFN2O2S/c12-8-3-4-18-11(8)6-14-10-5-7(15(16)17)1-2-9(10)13/h1-5,14H,6H2. The molecule has 4 nitrogen and oxygen atoms in total. The normalized spacial score (nSPS) is 10.3. The summed E-state index contributed by atoms with van der Waals surface area (Å²) in [5.74, 6) is -0.506. The highest BCUT2D eigenvalue weighted by molar-refractivity contribution is 9.10. The SMILES string of the molecule is O=[N+]([O-])c1ccc(F)c(NCc2sccc2Br)c1. The summed E-state index contributed by atoms with van der Waals surface area (Å²) in [4.78, 5) is 11.1. The van der Waals surface area contributed by atoms with Crippen LogP contribution in [0.4, 0.5) is 15.8 Å². The number of nitro groups is 1. The number of hydrogen-bond donors (Lipinski definition) is 1. The van der Waals surface area contributed by atoms with Crippen molar-refractivity contribution in [2.75, 3.05) is 5.32 Å². The van der Waals surface area contributed by atoms with E-state index in [1.54, 1.807) is 0 Å². The van der Waals surface area contributed by atoms with Crippen molar-refractivity contribution in [3.8, 4) is 0 Å². The van der Waals surface area contributed by atoms with Gasteiger partial charge in [0.15, 0.2) is 0 Å². The fourth-order valence-electron chi connectivity index (χ4n) is 1.39. The minimum atomic E-state index is -0.550. The van der Waals surface area contributed by atoms with Crippen molar-refractivity contribution >= 4 is 38.6 Å². The third kappa shape index (κ3) is 2.85. The molecule has 1 N–H and O–H groups in total. The molecule has 94 valence electrons. The van der Waals surface area contributed by atoms with Crippen LogP contribution in [-0.2, 0) is 6.54 Å². The average molecular weight is 331 g/mol. The lowest BCUT2D eigenvalue weighted by molar-refractivity contribution is -0.384. The van der Waals surface area contributed by atoms with Gasteiger partial charge in [0, 0.05) is 21.5 Å². The molecule has 0 unspecified atom stereocenters. The molecule has 2 aromatic rings. The van der Waals surface area contributed by atoms with Crippen molar-refractivity contribution in [1.29, 1.82) is 0 Å². The fraction of sp³-hybridized carbons (Fsp3) is 0.0909. The van der Waals surface area contributed by atoms with Gasteiger partial charge in [-0.1, -0.05) is 0 Å². The van der Waals surface area contributed by atoms with Gasteiger partial charge in [-0.05, 0) is 33.4 Å². The Bertz CT molecular complexity index is 588. The molecule has 0 radical (unpaired) electrons. The van der Waals surface area contributed by atoms with Crippen LogP contribution in [0.1, 0.15) is 4.88 Å². The Morgan fingerprint density at radius 3 is 2.83 bits per heavy atom. The largest absolute Gasteiger partial charge is 0.378 e. The first-order valence-corrected chi connectivity index (χ1v) is 6.65. The molecule has 0 fully saturated rings. The van der Waals surface area contributed by atoms with E-state index in [9.17, 15) is 14.5 Å². The second kappa shape index (κ2) is 5.45. The van der Waals surface area contributed by atoms with E-state index in [1.165, 1.54) is 17.4 Å². The molecule has 18 heavy (non-hydrogen) atoms. The van der Waals surface area contributed by atoms with E-state index in [1.807, 2.05) is 11.4 Å². The summed E-state index contributed by atoms with van der Waals surface area (Å²) >= 11 is 4.88. The van der Waals surface area contributed by atoms with Crippen molar-refractivity contribution in [2.24, 2.45) is 0 Å². The number of nitrogens with one attached hydrogen (secondary N) is 1. The molecule has 0 bridgehead atoms. The summed E-state index contributed by atoms with van der Waals surface area (Å²) in [5, 5.41) is 15.4. The molecule has 0 aliphatic carbocycles. The Morgan fingerprint density at radius 2 is 2.22 bits per heavy atom. The van der Waals surface area contributed by atoms with Crippen molar-refractivity contribution in [2.45, 2.75) is 6.54 Å². The van der Waals surface area contributed by atoms with Gasteiger partial charge in [-0.15, -0.1) is 11.3 Å². The van der Waals surface area contributed by atoms with Gasteiger partial charge in [0.05, 0.1) is 17.2 Å². The van der Waals surface area contributed by atoms with Crippen molar-refractivity contribution in [3.05, 3.63) is 54.9 Å². The summed E-state index contributed by atoms with van der Waals surface area (Å²) in [6.45, 7) is 0.413. The molecule has 1 aromatic carbocycles. The number of thiophene rings is 1. The van der Waals surface area contributed by atoms with E-state index in [2.05, 4.69) is 21.2 Å². The van der Waals surface area contributed by atoms with Gasteiger partial charge < -0.3 is 5.32 Å². The lowest BCUT2D eigenvalue weighted by Crippen LogP contribution is -2.01. The zero-order chi connectivity index (χ0) is 13.1. The number of benzene rings is 1.